The molecule has 3 rings (SSSR count). The summed E-state index contributed by atoms with van der Waals surface area (Å²) in [6.45, 7) is 3.46. The number of carbonyl (C=O) groups is 1. The molecule has 1 unspecified atom stereocenters. The highest BCUT2D eigenvalue weighted by molar-refractivity contribution is 6.31. The van der Waals surface area contributed by atoms with E-state index in [0.717, 1.165) is 11.1 Å². The lowest BCUT2D eigenvalue weighted by Crippen LogP contribution is -2.33. The Morgan fingerprint density at radius 3 is 2.54 bits per heavy atom. The van der Waals surface area contributed by atoms with Gasteiger partial charge in [0, 0.05) is 22.3 Å². The van der Waals surface area contributed by atoms with Crippen molar-refractivity contribution in [2.24, 2.45) is 0 Å². The fourth-order valence-electron chi connectivity index (χ4n) is 2.56. The Kier molecular flexibility index (Phi) is 5.19. The average Bonchev–Trinajstić information content (AvgIpc) is 2.66. The third-order valence-electron chi connectivity index (χ3n) is 4.17. The number of benzene rings is 2. The summed E-state index contributed by atoms with van der Waals surface area (Å²) in [5.74, 6) is -0.338. The molecule has 132 valence electrons. The highest BCUT2D eigenvalue weighted by Crippen LogP contribution is 2.23. The van der Waals surface area contributed by atoms with Gasteiger partial charge in [-0.2, -0.15) is 5.10 Å². The fourth-order valence-corrected chi connectivity index (χ4v) is 2.73. The summed E-state index contributed by atoms with van der Waals surface area (Å²) in [6, 6.07) is 17.1. The van der Waals surface area contributed by atoms with Gasteiger partial charge in [0.15, 0.2) is 0 Å². The number of carbonyl (C=O) groups excluding carboxylic acids is 1. The van der Waals surface area contributed by atoms with Crippen molar-refractivity contribution < 1.29 is 4.79 Å². The van der Waals surface area contributed by atoms with Crippen molar-refractivity contribution in [1.82, 2.24) is 9.78 Å². The van der Waals surface area contributed by atoms with Crippen LogP contribution in [0.2, 0.25) is 5.02 Å². The van der Waals surface area contributed by atoms with E-state index >= 15 is 0 Å². The molecule has 1 N–H and O–H groups in total. The lowest BCUT2D eigenvalue weighted by molar-refractivity contribution is -0.119. The van der Waals surface area contributed by atoms with Gasteiger partial charge in [-0.1, -0.05) is 48.0 Å². The van der Waals surface area contributed by atoms with Crippen LogP contribution in [-0.4, -0.2) is 15.7 Å². The van der Waals surface area contributed by atoms with E-state index in [-0.39, 0.29) is 11.5 Å². The van der Waals surface area contributed by atoms with Gasteiger partial charge in [-0.3, -0.25) is 9.59 Å². The molecule has 0 aliphatic heterocycles. The maximum Gasteiger partial charge on any atom is 0.267 e. The molecule has 5 nitrogen and oxygen atoms in total. The van der Waals surface area contributed by atoms with Crippen LogP contribution in [0.5, 0.6) is 0 Å². The van der Waals surface area contributed by atoms with E-state index in [0.29, 0.717) is 16.4 Å². The summed E-state index contributed by atoms with van der Waals surface area (Å²) in [4.78, 5) is 24.8. The first-order valence-electron chi connectivity index (χ1n) is 8.18. The molecular weight excluding hydrogens is 350 g/mol. The number of nitrogens with zero attached hydrogens (tertiary/aromatic N) is 2. The smallest absolute Gasteiger partial charge is 0.267 e. The highest BCUT2D eigenvalue weighted by Gasteiger charge is 2.19. The van der Waals surface area contributed by atoms with Gasteiger partial charge in [0.2, 0.25) is 5.91 Å². The second-order valence-electron chi connectivity index (χ2n) is 5.95. The average molecular weight is 368 g/mol. The van der Waals surface area contributed by atoms with Crippen molar-refractivity contribution in [3.05, 3.63) is 81.6 Å². The Hall–Kier alpha value is -2.92. The number of rotatable bonds is 4. The maximum absolute atomic E-state index is 12.6. The zero-order valence-corrected chi connectivity index (χ0v) is 15.2. The molecule has 2 aromatic carbocycles. The van der Waals surface area contributed by atoms with Crippen molar-refractivity contribution in [3.8, 4) is 11.3 Å². The molecule has 0 saturated heterocycles. The Bertz CT molecular complexity index is 999. The normalized spacial score (nSPS) is 11.8. The van der Waals surface area contributed by atoms with Gasteiger partial charge in [0.25, 0.3) is 5.56 Å². The molecule has 0 spiro atoms. The minimum atomic E-state index is -0.774. The number of halogens is 1. The largest absolute Gasteiger partial charge is 0.324 e. The number of anilines is 1. The van der Waals surface area contributed by atoms with Crippen molar-refractivity contribution in [3.63, 3.8) is 0 Å². The molecule has 1 aromatic heterocycles. The van der Waals surface area contributed by atoms with E-state index < -0.39 is 6.04 Å². The van der Waals surface area contributed by atoms with Crippen LogP contribution < -0.4 is 10.9 Å². The molecule has 0 aliphatic rings. The number of hydrogen-bond acceptors (Lipinski definition) is 3. The molecular formula is C20H18ClN3O2. The van der Waals surface area contributed by atoms with Crippen molar-refractivity contribution in [2.75, 3.05) is 5.32 Å². The molecule has 0 fully saturated rings. The summed E-state index contributed by atoms with van der Waals surface area (Å²) in [7, 11) is 0. The van der Waals surface area contributed by atoms with Crippen molar-refractivity contribution >= 4 is 23.2 Å². The van der Waals surface area contributed by atoms with E-state index in [4.69, 9.17) is 11.6 Å². The summed E-state index contributed by atoms with van der Waals surface area (Å²) < 4.78 is 1.19. The van der Waals surface area contributed by atoms with Gasteiger partial charge in [0.1, 0.15) is 6.04 Å². The van der Waals surface area contributed by atoms with E-state index in [1.807, 2.05) is 37.3 Å². The van der Waals surface area contributed by atoms with Crippen molar-refractivity contribution in [2.45, 2.75) is 19.9 Å². The van der Waals surface area contributed by atoms with Gasteiger partial charge in [0.05, 0.1) is 5.69 Å². The number of aromatic nitrogens is 2. The van der Waals surface area contributed by atoms with Gasteiger partial charge < -0.3 is 5.32 Å². The number of amides is 1. The predicted octanol–water partition coefficient (Wildman–Crippen LogP) is 4.07. The minimum absolute atomic E-state index is 0.338. The molecule has 0 saturated carbocycles. The second kappa shape index (κ2) is 7.54. The van der Waals surface area contributed by atoms with E-state index in [9.17, 15) is 9.59 Å². The quantitative estimate of drug-likeness (QED) is 0.755. The van der Waals surface area contributed by atoms with E-state index in [1.54, 1.807) is 31.2 Å². The standard InChI is InChI=1S/C20H18ClN3O2/c1-13-16(21)9-6-10-17(13)22-20(26)14(2)24-19(25)12-11-18(23-24)15-7-4-3-5-8-15/h3-12,14H,1-2H3,(H,22,26). The zero-order chi connectivity index (χ0) is 18.7. The first kappa shape index (κ1) is 17.9. The fraction of sp³-hybridized carbons (Fsp3) is 0.150. The summed E-state index contributed by atoms with van der Waals surface area (Å²) in [5, 5.41) is 7.74. The molecule has 26 heavy (non-hydrogen) atoms. The molecule has 0 radical (unpaired) electrons. The monoisotopic (exact) mass is 367 g/mol. The van der Waals surface area contributed by atoms with Crippen LogP contribution in [-0.2, 0) is 4.79 Å². The van der Waals surface area contributed by atoms with Crippen LogP contribution in [0.15, 0.2) is 65.5 Å². The first-order chi connectivity index (χ1) is 12.5. The molecule has 1 heterocycles. The SMILES string of the molecule is Cc1c(Cl)cccc1NC(=O)C(C)n1nc(-c2ccccc2)ccc1=O. The van der Waals surface area contributed by atoms with Gasteiger partial charge in [-0.05, 0) is 37.6 Å². The van der Waals surface area contributed by atoms with Gasteiger partial charge >= 0.3 is 0 Å². The van der Waals surface area contributed by atoms with E-state index in [1.165, 1.54) is 10.7 Å². The van der Waals surface area contributed by atoms with Crippen LogP contribution in [0.3, 0.4) is 0 Å². The van der Waals surface area contributed by atoms with Gasteiger partial charge in [-0.15, -0.1) is 0 Å². The lowest BCUT2D eigenvalue weighted by Gasteiger charge is -2.16. The Morgan fingerprint density at radius 1 is 1.08 bits per heavy atom. The minimum Gasteiger partial charge on any atom is -0.324 e. The predicted molar refractivity (Wildman–Crippen MR) is 103 cm³/mol. The van der Waals surface area contributed by atoms with Crippen LogP contribution in [0, 0.1) is 6.92 Å². The third-order valence-corrected chi connectivity index (χ3v) is 4.58. The second-order valence-corrected chi connectivity index (χ2v) is 6.35. The zero-order valence-electron chi connectivity index (χ0n) is 14.4. The lowest BCUT2D eigenvalue weighted by atomic mass is 10.1. The molecule has 6 heteroatoms. The van der Waals surface area contributed by atoms with Crippen LogP contribution in [0.25, 0.3) is 11.3 Å². The Morgan fingerprint density at radius 2 is 1.81 bits per heavy atom. The summed E-state index contributed by atoms with van der Waals surface area (Å²) in [5.41, 5.74) is 2.55. The number of hydrogen-bond donors (Lipinski definition) is 1. The van der Waals surface area contributed by atoms with Gasteiger partial charge in [-0.25, -0.2) is 4.68 Å². The number of nitrogens with one attached hydrogen (secondary N) is 1. The van der Waals surface area contributed by atoms with Crippen LogP contribution in [0.4, 0.5) is 5.69 Å². The Balaban J connectivity index is 1.89. The molecule has 0 bridgehead atoms. The maximum atomic E-state index is 12.6. The molecule has 3 aromatic rings. The first-order valence-corrected chi connectivity index (χ1v) is 8.56. The molecule has 0 aliphatic carbocycles. The van der Waals surface area contributed by atoms with Crippen LogP contribution >= 0.6 is 11.6 Å². The van der Waals surface area contributed by atoms with E-state index in [2.05, 4.69) is 10.4 Å². The summed E-state index contributed by atoms with van der Waals surface area (Å²) >= 11 is 6.09. The molecule has 1 atom stereocenters. The highest BCUT2D eigenvalue weighted by atomic mass is 35.5. The topological polar surface area (TPSA) is 64.0 Å². The third kappa shape index (κ3) is 3.68. The van der Waals surface area contributed by atoms with Crippen LogP contribution in [0.1, 0.15) is 18.5 Å². The van der Waals surface area contributed by atoms with Crippen molar-refractivity contribution in [1.29, 1.82) is 0 Å². The Labute approximate surface area is 156 Å². The summed E-state index contributed by atoms with van der Waals surface area (Å²) in [6.07, 6.45) is 0. The molecule has 1 amide bonds.